The van der Waals surface area contributed by atoms with Crippen molar-refractivity contribution in [2.24, 2.45) is 0 Å². The summed E-state index contributed by atoms with van der Waals surface area (Å²) < 4.78 is 11.6. The molecule has 0 atom stereocenters. The Hall–Kier alpha value is -10.7. The van der Waals surface area contributed by atoms with E-state index >= 15 is 0 Å². The Kier molecular flexibility index (Phi) is 9.04. The van der Waals surface area contributed by atoms with Gasteiger partial charge in [0.1, 0.15) is 23.3 Å². The molecule has 0 unspecified atom stereocenters. The third-order valence-electron chi connectivity index (χ3n) is 16.6. The fourth-order valence-corrected chi connectivity index (χ4v) is 14.7. The number of hydrogen-bond donors (Lipinski definition) is 0. The Labute approximate surface area is 455 Å². The van der Waals surface area contributed by atoms with E-state index in [0.717, 1.165) is 125 Å². The van der Waals surface area contributed by atoms with Crippen LogP contribution in [0, 0.1) is 22.7 Å². The highest BCUT2D eigenvalue weighted by atomic mass is 32.1. The topological polar surface area (TPSA) is 67.3 Å². The molecule has 0 amide bonds. The number of nitrogens with zero attached hydrogens (tertiary/aromatic N) is 6. The molecule has 0 saturated heterocycles. The van der Waals surface area contributed by atoms with Crippen molar-refractivity contribution in [3.63, 3.8) is 0 Å². The van der Waals surface area contributed by atoms with Crippen LogP contribution in [0.2, 0.25) is 0 Å². The van der Waals surface area contributed by atoms with Crippen LogP contribution in [-0.2, 0) is 0 Å². The van der Waals surface area contributed by atoms with Crippen LogP contribution in [0.4, 0.5) is 0 Å². The van der Waals surface area contributed by atoms with Crippen LogP contribution in [0.5, 0.6) is 0 Å². The van der Waals surface area contributed by atoms with Gasteiger partial charge in [-0.2, -0.15) is 10.5 Å². The SMILES string of the molecule is N#Cc1c(-n2c3ccccc3c3ccccc32)c(C#N)c(-n2c3ccccc3c3ccccc32)c(-n2c3cc(-c4cccc5ccccc45)ccc3c3ccc4c5ccccc5sc4c32)c1-n1c2ccccc2c2ccccc21. The van der Waals surface area contributed by atoms with Crippen molar-refractivity contribution in [1.29, 1.82) is 10.5 Å². The minimum Gasteiger partial charge on any atom is -0.306 e. The molecule has 0 aliphatic rings. The number of fused-ring (bicyclic) bond motifs is 17. The van der Waals surface area contributed by atoms with Gasteiger partial charge in [-0.1, -0.05) is 194 Å². The second-order valence-corrected chi connectivity index (χ2v) is 21.6. The first kappa shape index (κ1) is 43.5. The Morgan fingerprint density at radius 2 is 0.684 bits per heavy atom. The molecule has 0 N–H and O–H groups in total. The fourth-order valence-electron chi connectivity index (χ4n) is 13.4. The average Bonchev–Trinajstić information content (AvgIpc) is 4.22. The van der Waals surface area contributed by atoms with Crippen molar-refractivity contribution < 1.29 is 0 Å². The Morgan fingerprint density at radius 1 is 0.291 bits per heavy atom. The number of nitriles is 2. The molecule has 5 heterocycles. The predicted molar refractivity (Wildman–Crippen MR) is 329 cm³/mol. The van der Waals surface area contributed by atoms with Gasteiger partial charge in [-0.05, 0) is 70.4 Å². The van der Waals surface area contributed by atoms with Crippen molar-refractivity contribution in [2.75, 3.05) is 0 Å². The van der Waals surface area contributed by atoms with Crippen LogP contribution in [0.25, 0.3) is 152 Å². The molecule has 17 rings (SSSR count). The molecule has 0 fully saturated rings. The minimum atomic E-state index is 0.373. The number of hydrogen-bond acceptors (Lipinski definition) is 3. The highest BCUT2D eigenvalue weighted by Gasteiger charge is 2.35. The van der Waals surface area contributed by atoms with E-state index in [4.69, 9.17) is 0 Å². The quantitative estimate of drug-likeness (QED) is 0.172. The van der Waals surface area contributed by atoms with Gasteiger partial charge in [0.05, 0.1) is 71.6 Å². The summed E-state index contributed by atoms with van der Waals surface area (Å²) in [7, 11) is 0. The smallest absolute Gasteiger partial charge is 0.104 e. The lowest BCUT2D eigenvalue weighted by Gasteiger charge is -2.27. The third kappa shape index (κ3) is 5.86. The maximum atomic E-state index is 12.7. The van der Waals surface area contributed by atoms with Crippen LogP contribution in [0.1, 0.15) is 11.1 Å². The lowest BCUT2D eigenvalue weighted by Crippen LogP contribution is -2.17. The summed E-state index contributed by atoms with van der Waals surface area (Å²) in [5.41, 5.74) is 13.0. The second-order valence-electron chi connectivity index (χ2n) is 20.5. The summed E-state index contributed by atoms with van der Waals surface area (Å²) in [6.45, 7) is 0. The van der Waals surface area contributed by atoms with E-state index in [1.165, 1.54) is 10.1 Å². The van der Waals surface area contributed by atoms with Crippen LogP contribution < -0.4 is 0 Å². The van der Waals surface area contributed by atoms with Crippen molar-refractivity contribution in [1.82, 2.24) is 18.3 Å². The van der Waals surface area contributed by atoms with Crippen LogP contribution in [0.15, 0.2) is 243 Å². The van der Waals surface area contributed by atoms with Gasteiger partial charge in [-0.3, -0.25) is 0 Å². The summed E-state index contributed by atoms with van der Waals surface area (Å²) in [5.74, 6) is 0. The van der Waals surface area contributed by atoms with Gasteiger partial charge >= 0.3 is 0 Å². The summed E-state index contributed by atoms with van der Waals surface area (Å²) in [5, 5.41) is 38.4. The monoisotopic (exact) mass is 1020 g/mol. The fraction of sp³-hybridized carbons (Fsp3) is 0. The van der Waals surface area contributed by atoms with E-state index in [1.807, 2.05) is 12.1 Å². The summed E-state index contributed by atoms with van der Waals surface area (Å²) >= 11 is 1.79. The van der Waals surface area contributed by atoms with E-state index in [-0.39, 0.29) is 0 Å². The van der Waals surface area contributed by atoms with E-state index in [9.17, 15) is 10.5 Å². The Morgan fingerprint density at radius 3 is 1.19 bits per heavy atom. The van der Waals surface area contributed by atoms with E-state index in [1.54, 1.807) is 11.3 Å². The van der Waals surface area contributed by atoms with E-state index in [2.05, 4.69) is 261 Å². The standard InChI is InChI=1S/C72H40N6S/c73-41-57-67(75-59-29-10-3-21-47(59)48-22-4-11-30-60(48)75)58(42-74)69(77-63-33-14-7-25-51(63)52-26-8-15-34-64(52)77)71(68(57)76-61-31-12-5-23-49(61)50-24-6-13-32-62(50)76)78-65-40-44(46-28-17-19-43-18-1-2-20-45(43)46)36-37-53(65)55-38-39-56-54-27-9-16-35-66(54)79-72(56)70(55)78/h1-40H. The maximum absolute atomic E-state index is 12.7. The van der Waals surface area contributed by atoms with E-state index < -0.39 is 0 Å². The predicted octanol–water partition coefficient (Wildman–Crippen LogP) is 19.0. The Balaban J connectivity index is 1.20. The van der Waals surface area contributed by atoms with Crippen molar-refractivity contribution in [3.05, 3.63) is 254 Å². The third-order valence-corrected chi connectivity index (χ3v) is 17.8. The van der Waals surface area contributed by atoms with Crippen LogP contribution in [0.3, 0.4) is 0 Å². The molecular weight excluding hydrogens is 981 g/mol. The number of para-hydroxylation sites is 6. The summed E-state index contributed by atoms with van der Waals surface area (Å²) in [4.78, 5) is 0. The molecule has 79 heavy (non-hydrogen) atoms. The highest BCUT2D eigenvalue weighted by Crippen LogP contribution is 2.51. The van der Waals surface area contributed by atoms with Gasteiger partial charge in [0.15, 0.2) is 0 Å². The molecule has 7 heteroatoms. The van der Waals surface area contributed by atoms with Crippen molar-refractivity contribution >= 4 is 130 Å². The molecule has 364 valence electrons. The van der Waals surface area contributed by atoms with Gasteiger partial charge < -0.3 is 18.3 Å². The number of benzene rings is 12. The minimum absolute atomic E-state index is 0.373. The number of thiophene rings is 1. The molecule has 0 bridgehead atoms. The van der Waals surface area contributed by atoms with Gasteiger partial charge in [-0.15, -0.1) is 11.3 Å². The molecule has 0 spiro atoms. The molecule has 0 saturated carbocycles. The lowest BCUT2D eigenvalue weighted by molar-refractivity contribution is 1.02. The van der Waals surface area contributed by atoms with E-state index in [0.29, 0.717) is 28.2 Å². The molecule has 12 aromatic carbocycles. The molecule has 0 radical (unpaired) electrons. The molecule has 6 nitrogen and oxygen atoms in total. The zero-order valence-electron chi connectivity index (χ0n) is 42.2. The maximum Gasteiger partial charge on any atom is 0.104 e. The van der Waals surface area contributed by atoms with Gasteiger partial charge in [-0.25, -0.2) is 0 Å². The first-order valence-electron chi connectivity index (χ1n) is 26.6. The largest absolute Gasteiger partial charge is 0.306 e. The van der Waals surface area contributed by atoms with Gasteiger partial charge in [0, 0.05) is 58.6 Å². The zero-order chi connectivity index (χ0) is 52.0. The van der Waals surface area contributed by atoms with Gasteiger partial charge in [0.25, 0.3) is 0 Å². The lowest BCUT2D eigenvalue weighted by atomic mass is 9.97. The number of rotatable bonds is 5. The average molecular weight is 1020 g/mol. The zero-order valence-corrected chi connectivity index (χ0v) is 43.0. The molecule has 0 aliphatic heterocycles. The molecule has 17 aromatic rings. The Bertz CT molecular complexity index is 5290. The second kappa shape index (κ2) is 16.4. The van der Waals surface area contributed by atoms with Crippen LogP contribution >= 0.6 is 11.3 Å². The number of aromatic nitrogens is 4. The molecule has 5 aromatic heterocycles. The molecule has 0 aliphatic carbocycles. The van der Waals surface area contributed by atoms with Crippen molar-refractivity contribution in [2.45, 2.75) is 0 Å². The van der Waals surface area contributed by atoms with Gasteiger partial charge in [0.2, 0.25) is 0 Å². The highest BCUT2D eigenvalue weighted by molar-refractivity contribution is 7.26. The van der Waals surface area contributed by atoms with Crippen LogP contribution in [-0.4, -0.2) is 18.3 Å². The first-order valence-corrected chi connectivity index (χ1v) is 27.4. The summed E-state index contributed by atoms with van der Waals surface area (Å²) in [6.07, 6.45) is 0. The van der Waals surface area contributed by atoms with Crippen molar-refractivity contribution in [3.8, 4) is 46.0 Å². The molecular formula is C72H40N6S. The normalized spacial score (nSPS) is 12.0. The summed E-state index contributed by atoms with van der Waals surface area (Å²) in [6, 6.07) is 92.0. The first-order chi connectivity index (χ1) is 39.2.